The first-order valence-corrected chi connectivity index (χ1v) is 8.85. The highest BCUT2D eigenvalue weighted by Gasteiger charge is 2.23. The smallest absolute Gasteiger partial charge is 0.269 e. The quantitative estimate of drug-likeness (QED) is 0.909. The molecular weight excluding hydrogens is 314 g/mol. The van der Waals surface area contributed by atoms with Gasteiger partial charge in [0.05, 0.1) is 11.4 Å². The van der Waals surface area contributed by atoms with Crippen molar-refractivity contribution in [3.05, 3.63) is 47.8 Å². The summed E-state index contributed by atoms with van der Waals surface area (Å²) in [6.07, 6.45) is 7.51. The number of Topliss-reactive ketones (excluding diaryl/α,β-unsaturated/α-hetero) is 1. The van der Waals surface area contributed by atoms with E-state index in [0.29, 0.717) is 23.5 Å². The first kappa shape index (κ1) is 17.3. The number of nitrogens with zero attached hydrogens (tertiary/aromatic N) is 2. The number of rotatable bonds is 5. The molecule has 1 fully saturated rings. The topological polar surface area (TPSA) is 72.0 Å². The second-order valence-electron chi connectivity index (χ2n) is 6.48. The molecule has 2 aromatic heterocycles. The lowest BCUT2D eigenvalue weighted by Crippen LogP contribution is -2.22. The van der Waals surface area contributed by atoms with Crippen molar-refractivity contribution in [1.29, 1.82) is 0 Å². The van der Waals surface area contributed by atoms with E-state index >= 15 is 0 Å². The van der Waals surface area contributed by atoms with Gasteiger partial charge < -0.3 is 5.32 Å². The van der Waals surface area contributed by atoms with Crippen molar-refractivity contribution in [2.75, 3.05) is 7.05 Å². The van der Waals surface area contributed by atoms with Gasteiger partial charge in [-0.25, -0.2) is 4.98 Å². The summed E-state index contributed by atoms with van der Waals surface area (Å²) in [7, 11) is 1.57. The highest BCUT2D eigenvalue weighted by Crippen LogP contribution is 2.27. The van der Waals surface area contributed by atoms with Crippen LogP contribution in [-0.2, 0) is 11.2 Å². The Balaban J connectivity index is 1.92. The van der Waals surface area contributed by atoms with Gasteiger partial charge in [-0.1, -0.05) is 31.4 Å². The highest BCUT2D eigenvalue weighted by atomic mass is 16.1. The maximum Gasteiger partial charge on any atom is 0.269 e. The van der Waals surface area contributed by atoms with Crippen molar-refractivity contribution in [2.24, 2.45) is 5.92 Å². The summed E-state index contributed by atoms with van der Waals surface area (Å²) in [6, 6.07) is 9.07. The Kier molecular flexibility index (Phi) is 5.53. The van der Waals surface area contributed by atoms with Gasteiger partial charge in [-0.05, 0) is 36.6 Å². The first-order chi connectivity index (χ1) is 12.2. The molecule has 25 heavy (non-hydrogen) atoms. The minimum absolute atomic E-state index is 0.156. The minimum atomic E-state index is -0.248. The Morgan fingerprint density at radius 1 is 1.12 bits per heavy atom. The molecule has 130 valence electrons. The van der Waals surface area contributed by atoms with Crippen LogP contribution in [0.1, 0.15) is 48.2 Å². The number of carbonyl (C=O) groups excluding carboxylic acids is 2. The fourth-order valence-electron chi connectivity index (χ4n) is 3.37. The zero-order valence-corrected chi connectivity index (χ0v) is 14.5. The highest BCUT2D eigenvalue weighted by molar-refractivity contribution is 5.93. The summed E-state index contributed by atoms with van der Waals surface area (Å²) in [6.45, 7) is 0. The lowest BCUT2D eigenvalue weighted by atomic mass is 9.84. The third kappa shape index (κ3) is 4.10. The van der Waals surface area contributed by atoms with Gasteiger partial charge in [0.15, 0.2) is 0 Å². The molecule has 0 saturated heterocycles. The molecule has 0 aliphatic heterocycles. The van der Waals surface area contributed by atoms with Crippen LogP contribution in [0.25, 0.3) is 11.4 Å². The van der Waals surface area contributed by atoms with Gasteiger partial charge in [0, 0.05) is 25.6 Å². The third-order valence-corrected chi connectivity index (χ3v) is 4.77. The van der Waals surface area contributed by atoms with Gasteiger partial charge in [-0.3, -0.25) is 14.6 Å². The number of carbonyl (C=O) groups is 2. The van der Waals surface area contributed by atoms with E-state index in [1.165, 1.54) is 6.42 Å². The first-order valence-electron chi connectivity index (χ1n) is 8.85. The van der Waals surface area contributed by atoms with Gasteiger partial charge in [0.1, 0.15) is 11.5 Å². The molecule has 1 aliphatic rings. The maximum atomic E-state index is 12.7. The van der Waals surface area contributed by atoms with Crippen LogP contribution in [0.2, 0.25) is 0 Å². The van der Waals surface area contributed by atoms with Crippen molar-refractivity contribution in [3.63, 3.8) is 0 Å². The number of amides is 1. The zero-order chi connectivity index (χ0) is 17.6. The Morgan fingerprint density at radius 2 is 1.92 bits per heavy atom. The minimum Gasteiger partial charge on any atom is -0.354 e. The monoisotopic (exact) mass is 337 g/mol. The van der Waals surface area contributed by atoms with Gasteiger partial charge >= 0.3 is 0 Å². The fraction of sp³-hybridized carbons (Fsp3) is 0.400. The second kappa shape index (κ2) is 8.01. The van der Waals surface area contributed by atoms with Crippen molar-refractivity contribution in [1.82, 2.24) is 15.3 Å². The molecule has 1 aliphatic carbocycles. The number of nitrogens with one attached hydrogen (secondary N) is 1. The molecule has 3 rings (SSSR count). The van der Waals surface area contributed by atoms with Crippen molar-refractivity contribution in [2.45, 2.75) is 38.5 Å². The lowest BCUT2D eigenvalue weighted by molar-refractivity contribution is -0.123. The van der Waals surface area contributed by atoms with Crippen molar-refractivity contribution in [3.8, 4) is 11.4 Å². The summed E-state index contributed by atoms with van der Waals surface area (Å²) < 4.78 is 0. The molecule has 1 amide bonds. The van der Waals surface area contributed by atoms with E-state index in [2.05, 4.69) is 15.3 Å². The SMILES string of the molecule is CNC(=O)c1ccc(CC(=O)C2CCCCC2)c(-c2ccccn2)n1. The summed E-state index contributed by atoms with van der Waals surface area (Å²) in [5, 5.41) is 2.58. The van der Waals surface area contributed by atoms with E-state index < -0.39 is 0 Å². The largest absolute Gasteiger partial charge is 0.354 e. The molecule has 5 nitrogen and oxygen atoms in total. The lowest BCUT2D eigenvalue weighted by Gasteiger charge is -2.20. The molecular formula is C20H23N3O2. The van der Waals surface area contributed by atoms with Crippen LogP contribution in [0.15, 0.2) is 36.5 Å². The normalized spacial score (nSPS) is 14.9. The molecule has 0 spiro atoms. The molecule has 0 unspecified atom stereocenters. The Morgan fingerprint density at radius 3 is 2.60 bits per heavy atom. The molecule has 2 heterocycles. The summed E-state index contributed by atoms with van der Waals surface area (Å²) in [5.74, 6) is 0.178. The van der Waals surface area contributed by atoms with Crippen LogP contribution in [0.4, 0.5) is 0 Å². The molecule has 0 radical (unpaired) electrons. The number of pyridine rings is 2. The predicted molar refractivity (Wildman–Crippen MR) is 96.1 cm³/mol. The molecule has 1 N–H and O–H groups in total. The number of aromatic nitrogens is 2. The van der Waals surface area contributed by atoms with Crippen LogP contribution in [0.3, 0.4) is 0 Å². The molecule has 0 atom stereocenters. The second-order valence-corrected chi connectivity index (χ2v) is 6.48. The van der Waals surface area contributed by atoms with Gasteiger partial charge in [0.2, 0.25) is 0 Å². The van der Waals surface area contributed by atoms with E-state index in [4.69, 9.17) is 0 Å². The van der Waals surface area contributed by atoms with E-state index in [-0.39, 0.29) is 17.6 Å². The Bertz CT molecular complexity index is 753. The maximum absolute atomic E-state index is 12.7. The number of hydrogen-bond acceptors (Lipinski definition) is 4. The van der Waals surface area contributed by atoms with Crippen LogP contribution in [0.5, 0.6) is 0 Å². The van der Waals surface area contributed by atoms with Crippen molar-refractivity contribution < 1.29 is 9.59 Å². The van der Waals surface area contributed by atoms with Gasteiger partial charge in [0.25, 0.3) is 5.91 Å². The van der Waals surface area contributed by atoms with E-state index in [1.807, 2.05) is 24.3 Å². The van der Waals surface area contributed by atoms with Crippen LogP contribution in [0, 0.1) is 5.92 Å². The average Bonchev–Trinajstić information content (AvgIpc) is 2.69. The fourth-order valence-corrected chi connectivity index (χ4v) is 3.37. The van der Waals surface area contributed by atoms with Crippen LogP contribution < -0.4 is 5.32 Å². The van der Waals surface area contributed by atoms with E-state index in [9.17, 15) is 9.59 Å². The van der Waals surface area contributed by atoms with E-state index in [0.717, 1.165) is 31.2 Å². The zero-order valence-electron chi connectivity index (χ0n) is 14.5. The summed E-state index contributed by atoms with van der Waals surface area (Å²) in [5.41, 5.74) is 2.46. The van der Waals surface area contributed by atoms with E-state index in [1.54, 1.807) is 19.3 Å². The standard InChI is InChI=1S/C20H23N3O2/c1-21-20(25)17-11-10-15(13-18(24)14-7-3-2-4-8-14)19(23-17)16-9-5-6-12-22-16/h5-6,9-12,14H,2-4,7-8,13H2,1H3,(H,21,25). The molecule has 1 saturated carbocycles. The number of hydrogen-bond donors (Lipinski definition) is 1. The van der Waals surface area contributed by atoms with Crippen LogP contribution >= 0.6 is 0 Å². The predicted octanol–water partition coefficient (Wildman–Crippen LogP) is 3.20. The van der Waals surface area contributed by atoms with Gasteiger partial charge in [-0.2, -0.15) is 0 Å². The Labute approximate surface area is 147 Å². The molecule has 0 bridgehead atoms. The van der Waals surface area contributed by atoms with Crippen molar-refractivity contribution >= 4 is 11.7 Å². The Hall–Kier alpha value is -2.56. The number of ketones is 1. The molecule has 5 heteroatoms. The summed E-state index contributed by atoms with van der Waals surface area (Å²) in [4.78, 5) is 33.5. The van der Waals surface area contributed by atoms with Crippen LogP contribution in [-0.4, -0.2) is 28.7 Å². The average molecular weight is 337 g/mol. The van der Waals surface area contributed by atoms with Gasteiger partial charge in [-0.15, -0.1) is 0 Å². The summed E-state index contributed by atoms with van der Waals surface area (Å²) >= 11 is 0. The molecule has 0 aromatic carbocycles. The third-order valence-electron chi connectivity index (χ3n) is 4.77. The molecule has 2 aromatic rings.